The molecule has 0 saturated heterocycles. The Labute approximate surface area is 132 Å². The molecule has 0 aliphatic rings. The zero-order valence-electron chi connectivity index (χ0n) is 8.01. The van der Waals surface area contributed by atoms with Crippen LogP contribution in [-0.4, -0.2) is 12.6 Å². The number of thioether (sulfide) groups is 1. The van der Waals surface area contributed by atoms with E-state index in [9.17, 15) is 17.3 Å². The van der Waals surface area contributed by atoms with Crippen molar-refractivity contribution in [3.63, 3.8) is 0 Å². The third kappa shape index (κ3) is 6.18. The summed E-state index contributed by atoms with van der Waals surface area (Å²) in [5, 5.41) is 0. The molecule has 0 bridgehead atoms. The van der Waals surface area contributed by atoms with Gasteiger partial charge in [0.05, 0.1) is 0 Å². The minimum atomic E-state index is -4.87. The van der Waals surface area contributed by atoms with E-state index in [1.54, 1.807) is 0 Å². The number of benzene rings is 1. The smallest absolute Gasteiger partial charge is 0.448 e. The van der Waals surface area contributed by atoms with Crippen molar-refractivity contribution in [1.29, 1.82) is 0 Å². The predicted octanol–water partition coefficient (Wildman–Crippen LogP) is -0.109. The SMILES string of the molecule is Nc1ccc(F)cc1SC[B-](F)(F)F.[K+]. The zero-order chi connectivity index (χ0) is 10.8. The molecule has 0 radical (unpaired) electrons. The molecule has 2 N–H and O–H groups in total. The summed E-state index contributed by atoms with van der Waals surface area (Å²) in [6, 6.07) is 3.36. The fourth-order valence-electron chi connectivity index (χ4n) is 0.817. The second-order valence-electron chi connectivity index (χ2n) is 2.70. The Hall–Kier alpha value is 0.791. The van der Waals surface area contributed by atoms with Crippen LogP contribution in [0, 0.1) is 5.82 Å². The molecule has 0 aliphatic carbocycles. The van der Waals surface area contributed by atoms with Crippen LogP contribution in [0.25, 0.3) is 0 Å². The molecule has 15 heavy (non-hydrogen) atoms. The first-order chi connectivity index (χ1) is 6.38. The summed E-state index contributed by atoms with van der Waals surface area (Å²) < 4.78 is 48.3. The fourth-order valence-corrected chi connectivity index (χ4v) is 1.62. The Morgan fingerprint density at radius 1 is 1.27 bits per heavy atom. The molecule has 0 spiro atoms. The molecule has 0 atom stereocenters. The van der Waals surface area contributed by atoms with E-state index < -0.39 is 18.4 Å². The second kappa shape index (κ2) is 6.51. The molecule has 1 aromatic rings. The van der Waals surface area contributed by atoms with Crippen molar-refractivity contribution in [2.45, 2.75) is 4.90 Å². The summed E-state index contributed by atoms with van der Waals surface area (Å²) >= 11 is 0.506. The molecular formula is C7H7BF4KNS. The Balaban J connectivity index is 0.00000196. The van der Waals surface area contributed by atoms with Gasteiger partial charge in [0, 0.05) is 10.6 Å². The first kappa shape index (κ1) is 15.8. The molecule has 78 valence electrons. The van der Waals surface area contributed by atoms with Crippen LogP contribution >= 0.6 is 11.8 Å². The van der Waals surface area contributed by atoms with Gasteiger partial charge in [-0.1, -0.05) is 0 Å². The average Bonchev–Trinajstić information content (AvgIpc) is 2.05. The molecular weight excluding hydrogens is 256 g/mol. The number of rotatable bonds is 3. The van der Waals surface area contributed by atoms with Gasteiger partial charge in [-0.05, 0) is 23.9 Å². The minimum Gasteiger partial charge on any atom is -0.448 e. The van der Waals surface area contributed by atoms with E-state index in [2.05, 4.69) is 0 Å². The number of hydrogen-bond acceptors (Lipinski definition) is 2. The van der Waals surface area contributed by atoms with Crippen LogP contribution < -0.4 is 57.1 Å². The third-order valence-corrected chi connectivity index (χ3v) is 2.61. The van der Waals surface area contributed by atoms with Crippen LogP contribution in [0.15, 0.2) is 23.1 Å². The summed E-state index contributed by atoms with van der Waals surface area (Å²) in [6.07, 6.45) is 0. The predicted molar refractivity (Wildman–Crippen MR) is 50.6 cm³/mol. The summed E-state index contributed by atoms with van der Waals surface area (Å²) in [4.78, 5) is 0.129. The zero-order valence-corrected chi connectivity index (χ0v) is 12.0. The number of hydrogen-bond donors (Lipinski definition) is 1. The summed E-state index contributed by atoms with van der Waals surface area (Å²) in [5.74, 6) is -0.587. The van der Waals surface area contributed by atoms with Crippen molar-refractivity contribution in [3.05, 3.63) is 24.0 Å². The molecule has 1 rings (SSSR count). The fraction of sp³-hybridized carbons (Fsp3) is 0.143. The number of halogens is 4. The second-order valence-corrected chi connectivity index (χ2v) is 3.77. The molecule has 0 aliphatic heterocycles. The number of anilines is 1. The maximum atomic E-state index is 12.6. The topological polar surface area (TPSA) is 26.0 Å². The average molecular weight is 263 g/mol. The first-order valence-corrected chi connectivity index (χ1v) is 4.76. The van der Waals surface area contributed by atoms with Gasteiger partial charge in [0.25, 0.3) is 0 Å². The Bertz CT molecular complexity index is 333. The minimum absolute atomic E-state index is 0. The van der Waals surface area contributed by atoms with Crippen molar-refractivity contribution in [2.24, 2.45) is 0 Å². The molecule has 0 aromatic heterocycles. The van der Waals surface area contributed by atoms with Gasteiger partial charge in [0.1, 0.15) is 5.82 Å². The van der Waals surface area contributed by atoms with E-state index in [1.807, 2.05) is 0 Å². The van der Waals surface area contributed by atoms with Gasteiger partial charge in [-0.25, -0.2) is 4.39 Å². The van der Waals surface area contributed by atoms with Crippen molar-refractivity contribution in [3.8, 4) is 0 Å². The number of nitrogen functional groups attached to an aromatic ring is 1. The van der Waals surface area contributed by atoms with Crippen LogP contribution in [0.1, 0.15) is 0 Å². The first-order valence-electron chi connectivity index (χ1n) is 3.77. The molecule has 8 heteroatoms. The Morgan fingerprint density at radius 2 is 1.87 bits per heavy atom. The van der Waals surface area contributed by atoms with E-state index in [4.69, 9.17) is 5.73 Å². The molecule has 0 amide bonds. The maximum absolute atomic E-state index is 12.6. The molecule has 0 saturated carbocycles. The van der Waals surface area contributed by atoms with Crippen LogP contribution in [-0.2, 0) is 0 Å². The van der Waals surface area contributed by atoms with Gasteiger partial charge in [-0.15, -0.1) is 0 Å². The third-order valence-electron chi connectivity index (χ3n) is 1.40. The van der Waals surface area contributed by atoms with Gasteiger partial charge in [0.2, 0.25) is 0 Å². The summed E-state index contributed by atoms with van der Waals surface area (Å²) in [7, 11) is 0. The molecule has 1 nitrogen and oxygen atoms in total. The normalized spacial score (nSPS) is 10.9. The largest absolute Gasteiger partial charge is 1.00 e. The van der Waals surface area contributed by atoms with Crippen molar-refractivity contribution < 1.29 is 68.7 Å². The maximum Gasteiger partial charge on any atom is 1.00 e. The van der Waals surface area contributed by atoms with Gasteiger partial charge >= 0.3 is 58.4 Å². The van der Waals surface area contributed by atoms with Gasteiger partial charge in [-0.2, -0.15) is 11.8 Å². The van der Waals surface area contributed by atoms with Crippen LogP contribution in [0.2, 0.25) is 0 Å². The van der Waals surface area contributed by atoms with E-state index in [0.717, 1.165) is 12.1 Å². The van der Waals surface area contributed by atoms with E-state index >= 15 is 0 Å². The van der Waals surface area contributed by atoms with E-state index in [-0.39, 0.29) is 62.0 Å². The van der Waals surface area contributed by atoms with Crippen LogP contribution in [0.3, 0.4) is 0 Å². The number of nitrogens with two attached hydrogens (primary N) is 1. The van der Waals surface area contributed by atoms with Crippen LogP contribution in [0.4, 0.5) is 23.0 Å². The Morgan fingerprint density at radius 3 is 2.40 bits per heavy atom. The quantitative estimate of drug-likeness (QED) is 0.356. The van der Waals surface area contributed by atoms with Crippen LogP contribution in [0.5, 0.6) is 0 Å². The summed E-state index contributed by atoms with van der Waals surface area (Å²) in [6.45, 7) is -4.87. The molecule has 1 aromatic carbocycles. The van der Waals surface area contributed by atoms with Gasteiger partial charge in [0.15, 0.2) is 0 Å². The Kier molecular flexibility index (Phi) is 6.85. The molecule has 0 fully saturated rings. The molecule has 0 heterocycles. The van der Waals surface area contributed by atoms with Crippen molar-refractivity contribution in [2.75, 3.05) is 11.4 Å². The summed E-state index contributed by atoms with van der Waals surface area (Å²) in [5.41, 5.74) is 4.53. The van der Waals surface area contributed by atoms with E-state index in [0.29, 0.717) is 11.8 Å². The molecule has 0 unspecified atom stereocenters. The van der Waals surface area contributed by atoms with Crippen molar-refractivity contribution in [1.82, 2.24) is 0 Å². The van der Waals surface area contributed by atoms with Gasteiger partial charge in [-0.3, -0.25) is 0 Å². The van der Waals surface area contributed by atoms with E-state index in [1.165, 1.54) is 6.07 Å². The van der Waals surface area contributed by atoms with Crippen molar-refractivity contribution >= 4 is 24.4 Å². The van der Waals surface area contributed by atoms with Gasteiger partial charge < -0.3 is 18.7 Å². The standard InChI is InChI=1S/C7H7BF4NS.K/c9-5-1-2-6(13)7(3-5)14-4-8(10,11)12;/h1-3H,4,13H2;/q-1;+1. The monoisotopic (exact) mass is 263 g/mol.